The molecule has 1 aliphatic rings. The molecule has 4 aromatic rings. The second-order valence-electron chi connectivity index (χ2n) is 10.1. The summed E-state index contributed by atoms with van der Waals surface area (Å²) < 4.78 is 56.2. The molecule has 0 aromatic heterocycles. The van der Waals surface area contributed by atoms with Crippen molar-refractivity contribution in [3.05, 3.63) is 119 Å². The Labute approximate surface area is 251 Å². The molecule has 0 spiro atoms. The predicted octanol–water partition coefficient (Wildman–Crippen LogP) is 5.70. The third-order valence-corrected chi connectivity index (χ3v) is 10.8. The number of hydrogen-bond acceptors (Lipinski definition) is 5. The molecule has 0 bridgehead atoms. The van der Waals surface area contributed by atoms with Crippen molar-refractivity contribution in [3.63, 3.8) is 0 Å². The van der Waals surface area contributed by atoms with Crippen LogP contribution in [0, 0.1) is 0 Å². The summed E-state index contributed by atoms with van der Waals surface area (Å²) >= 11 is 5.92. The highest BCUT2D eigenvalue weighted by molar-refractivity contribution is 7.92. The molecule has 0 saturated heterocycles. The maximum Gasteiger partial charge on any atom is 0.264 e. The Morgan fingerprint density at radius 3 is 2.24 bits per heavy atom. The largest absolute Gasteiger partial charge is 0.326 e. The van der Waals surface area contributed by atoms with Gasteiger partial charge in [0, 0.05) is 29.7 Å². The number of fused-ring (bicyclic) bond motifs is 1. The molecule has 0 fully saturated rings. The molecular weight excluding hydrogens is 594 g/mol. The lowest BCUT2D eigenvalue weighted by Crippen LogP contribution is -2.29. The summed E-state index contributed by atoms with van der Waals surface area (Å²) in [6.45, 7) is 2.10. The Bertz CT molecular complexity index is 1800. The van der Waals surface area contributed by atoms with Gasteiger partial charge in [-0.2, -0.15) is 0 Å². The summed E-state index contributed by atoms with van der Waals surface area (Å²) in [5.41, 5.74) is 3.59. The standard InChI is InChI=1S/C31H30ClN3O5S2/c1-22(24-5-3-2-4-6-24)34-41(37,38)28-14-7-23(8-15-28)9-18-31(36)33-27-13-10-25-19-20-35(30(25)21-27)42(39,40)29-16-11-26(32)12-17-29/h2-8,10-17,21-22,34H,9,18-20H2,1H3,(H,33,36). The molecule has 8 nitrogen and oxygen atoms in total. The molecule has 11 heteroatoms. The van der Waals surface area contributed by atoms with Gasteiger partial charge < -0.3 is 5.32 Å². The summed E-state index contributed by atoms with van der Waals surface area (Å²) in [5, 5.41) is 3.30. The van der Waals surface area contributed by atoms with E-state index in [0.717, 1.165) is 16.7 Å². The molecule has 1 heterocycles. The Hall–Kier alpha value is -3.70. The maximum absolute atomic E-state index is 13.3. The van der Waals surface area contributed by atoms with E-state index in [1.807, 2.05) is 36.4 Å². The van der Waals surface area contributed by atoms with Crippen molar-refractivity contribution >= 4 is 48.9 Å². The highest BCUT2D eigenvalue weighted by Crippen LogP contribution is 2.35. The summed E-state index contributed by atoms with van der Waals surface area (Å²) in [6, 6.07) is 26.7. The molecule has 1 amide bonds. The van der Waals surface area contributed by atoms with Crippen LogP contribution in [0.5, 0.6) is 0 Å². The average molecular weight is 624 g/mol. The Morgan fingerprint density at radius 1 is 0.881 bits per heavy atom. The first-order valence-electron chi connectivity index (χ1n) is 13.4. The van der Waals surface area contributed by atoms with Crippen molar-refractivity contribution in [2.75, 3.05) is 16.2 Å². The van der Waals surface area contributed by atoms with E-state index in [-0.39, 0.29) is 28.2 Å². The maximum atomic E-state index is 13.3. The van der Waals surface area contributed by atoms with Gasteiger partial charge in [0.2, 0.25) is 15.9 Å². The van der Waals surface area contributed by atoms with Crippen LogP contribution in [0.1, 0.15) is 36.1 Å². The number of aryl methyl sites for hydroxylation is 1. The lowest BCUT2D eigenvalue weighted by molar-refractivity contribution is -0.116. The second kappa shape index (κ2) is 12.3. The quantitative estimate of drug-likeness (QED) is 0.235. The minimum Gasteiger partial charge on any atom is -0.326 e. The van der Waals surface area contributed by atoms with E-state index < -0.39 is 20.0 Å². The zero-order valence-corrected chi connectivity index (χ0v) is 25.2. The van der Waals surface area contributed by atoms with Crippen LogP contribution < -0.4 is 14.3 Å². The summed E-state index contributed by atoms with van der Waals surface area (Å²) in [4.78, 5) is 13.0. The first-order valence-corrected chi connectivity index (χ1v) is 16.7. The van der Waals surface area contributed by atoms with Gasteiger partial charge >= 0.3 is 0 Å². The predicted molar refractivity (Wildman–Crippen MR) is 165 cm³/mol. The van der Waals surface area contributed by atoms with Gasteiger partial charge in [-0.3, -0.25) is 9.10 Å². The number of sulfonamides is 2. The average Bonchev–Trinajstić information content (AvgIpc) is 3.41. The third kappa shape index (κ3) is 6.68. The van der Waals surface area contributed by atoms with Crippen LogP contribution in [0.25, 0.3) is 0 Å². The molecule has 1 atom stereocenters. The van der Waals surface area contributed by atoms with Crippen LogP contribution in [0.2, 0.25) is 5.02 Å². The fourth-order valence-electron chi connectivity index (χ4n) is 4.84. The number of hydrogen-bond donors (Lipinski definition) is 2. The van der Waals surface area contributed by atoms with E-state index in [1.165, 1.54) is 40.7 Å². The van der Waals surface area contributed by atoms with Gasteiger partial charge in [-0.1, -0.05) is 60.1 Å². The van der Waals surface area contributed by atoms with E-state index in [4.69, 9.17) is 11.6 Å². The molecule has 1 aliphatic heterocycles. The molecule has 2 N–H and O–H groups in total. The van der Waals surface area contributed by atoms with Crippen LogP contribution in [-0.2, 0) is 37.7 Å². The van der Waals surface area contributed by atoms with Crippen molar-refractivity contribution in [1.29, 1.82) is 0 Å². The number of carbonyl (C=O) groups is 1. The van der Waals surface area contributed by atoms with Gasteiger partial charge in [-0.25, -0.2) is 21.6 Å². The molecule has 0 saturated carbocycles. The van der Waals surface area contributed by atoms with E-state index >= 15 is 0 Å². The topological polar surface area (TPSA) is 113 Å². The van der Waals surface area contributed by atoms with Crippen molar-refractivity contribution in [1.82, 2.24) is 4.72 Å². The SMILES string of the molecule is CC(NS(=O)(=O)c1ccc(CCC(=O)Nc2ccc3c(c2)N(S(=O)(=O)c2ccc(Cl)cc2)CC3)cc1)c1ccccc1. The number of anilines is 2. The molecule has 0 radical (unpaired) electrons. The van der Waals surface area contributed by atoms with Crippen LogP contribution in [0.3, 0.4) is 0 Å². The minimum absolute atomic E-state index is 0.148. The second-order valence-corrected chi connectivity index (χ2v) is 14.1. The highest BCUT2D eigenvalue weighted by Gasteiger charge is 2.31. The van der Waals surface area contributed by atoms with Gasteiger partial charge in [0.15, 0.2) is 0 Å². The Morgan fingerprint density at radius 2 is 1.55 bits per heavy atom. The number of rotatable bonds is 10. The number of benzene rings is 4. The van der Waals surface area contributed by atoms with Gasteiger partial charge in [-0.05, 0) is 85.0 Å². The number of nitrogens with one attached hydrogen (secondary N) is 2. The van der Waals surface area contributed by atoms with Gasteiger partial charge in [0.1, 0.15) is 0 Å². The molecule has 5 rings (SSSR count). The molecule has 4 aromatic carbocycles. The molecule has 0 aliphatic carbocycles. The Kier molecular flexibility index (Phi) is 8.70. The van der Waals surface area contributed by atoms with Gasteiger partial charge in [0.05, 0.1) is 15.5 Å². The van der Waals surface area contributed by atoms with E-state index in [9.17, 15) is 21.6 Å². The van der Waals surface area contributed by atoms with E-state index in [1.54, 1.807) is 31.2 Å². The first-order chi connectivity index (χ1) is 20.0. The van der Waals surface area contributed by atoms with Crippen molar-refractivity contribution in [2.24, 2.45) is 0 Å². The van der Waals surface area contributed by atoms with Gasteiger partial charge in [-0.15, -0.1) is 0 Å². The molecular formula is C31H30ClN3O5S2. The van der Waals surface area contributed by atoms with Gasteiger partial charge in [0.25, 0.3) is 10.0 Å². The van der Waals surface area contributed by atoms with Crippen molar-refractivity contribution in [2.45, 2.75) is 42.0 Å². The number of nitrogens with zero attached hydrogens (tertiary/aromatic N) is 1. The van der Waals surface area contributed by atoms with Crippen LogP contribution in [0.4, 0.5) is 11.4 Å². The van der Waals surface area contributed by atoms with Crippen LogP contribution in [0.15, 0.2) is 107 Å². The molecule has 218 valence electrons. The van der Waals surface area contributed by atoms with E-state index in [2.05, 4.69) is 10.0 Å². The smallest absolute Gasteiger partial charge is 0.264 e. The highest BCUT2D eigenvalue weighted by atomic mass is 35.5. The number of amides is 1. The normalized spacial score (nSPS) is 13.9. The molecule has 42 heavy (non-hydrogen) atoms. The zero-order valence-electron chi connectivity index (χ0n) is 22.8. The summed E-state index contributed by atoms with van der Waals surface area (Å²) in [6.07, 6.45) is 1.14. The van der Waals surface area contributed by atoms with Crippen molar-refractivity contribution in [3.8, 4) is 0 Å². The van der Waals surface area contributed by atoms with Crippen LogP contribution >= 0.6 is 11.6 Å². The lowest BCUT2D eigenvalue weighted by Gasteiger charge is -2.20. The monoisotopic (exact) mass is 623 g/mol. The number of carbonyl (C=O) groups excluding carboxylic acids is 1. The molecule has 1 unspecified atom stereocenters. The van der Waals surface area contributed by atoms with E-state index in [0.29, 0.717) is 35.8 Å². The zero-order chi connectivity index (χ0) is 29.9. The summed E-state index contributed by atoms with van der Waals surface area (Å²) in [5.74, 6) is -0.241. The summed E-state index contributed by atoms with van der Waals surface area (Å²) in [7, 11) is -7.50. The Balaban J connectivity index is 1.19. The minimum atomic E-state index is -3.78. The number of halogens is 1. The third-order valence-electron chi connectivity index (χ3n) is 7.13. The first kappa shape index (κ1) is 29.8. The van der Waals surface area contributed by atoms with Crippen molar-refractivity contribution < 1.29 is 21.6 Å². The van der Waals surface area contributed by atoms with Crippen LogP contribution in [-0.4, -0.2) is 29.3 Å². The lowest BCUT2D eigenvalue weighted by atomic mass is 10.1. The fraction of sp³-hybridized carbons (Fsp3) is 0.194. The fourth-order valence-corrected chi connectivity index (χ4v) is 7.69.